The maximum absolute atomic E-state index is 13.6. The summed E-state index contributed by atoms with van der Waals surface area (Å²) in [5.41, 5.74) is 5.94. The van der Waals surface area contributed by atoms with Gasteiger partial charge in [-0.2, -0.15) is 0 Å². The lowest BCUT2D eigenvalue weighted by Gasteiger charge is -2.27. The van der Waals surface area contributed by atoms with Crippen LogP contribution in [-0.4, -0.2) is 20.7 Å². The van der Waals surface area contributed by atoms with Gasteiger partial charge in [-0.3, -0.25) is 24.0 Å². The molecule has 2 aromatic carbocycles. The predicted molar refractivity (Wildman–Crippen MR) is 130 cm³/mol. The number of nitrogens with one attached hydrogen (secondary N) is 1. The Kier molecular flexibility index (Phi) is 7.94. The van der Waals surface area contributed by atoms with Gasteiger partial charge in [0, 0.05) is 11.4 Å². The lowest BCUT2D eigenvalue weighted by molar-refractivity contribution is -0.118. The molecule has 168 valence electrons. The van der Waals surface area contributed by atoms with E-state index in [0.29, 0.717) is 6.54 Å². The number of carbonyl (C=O) groups is 1. The monoisotopic (exact) mass is 452 g/mol. The summed E-state index contributed by atoms with van der Waals surface area (Å²) in [5.74, 6) is -0.256. The van der Waals surface area contributed by atoms with Crippen LogP contribution in [-0.2, 0) is 17.9 Å². The Morgan fingerprint density at radius 1 is 1.09 bits per heavy atom. The number of anilines is 2. The molecule has 7 nitrogen and oxygen atoms in total. The summed E-state index contributed by atoms with van der Waals surface area (Å²) in [5, 5.41) is -0.476. The maximum Gasteiger partial charge on any atom is 0.330 e. The molecular weight excluding hydrogens is 424 g/mol. The second kappa shape index (κ2) is 10.9. The minimum Gasteiger partial charge on any atom is -0.383 e. The van der Waals surface area contributed by atoms with E-state index in [2.05, 4.69) is 4.98 Å². The summed E-state index contributed by atoms with van der Waals surface area (Å²) in [7, 11) is 0. The second-order valence-electron chi connectivity index (χ2n) is 7.48. The second-order valence-corrected chi connectivity index (χ2v) is 8.90. The van der Waals surface area contributed by atoms with Gasteiger partial charge in [0.2, 0.25) is 5.91 Å². The average molecular weight is 453 g/mol. The molecule has 8 heteroatoms. The van der Waals surface area contributed by atoms with Gasteiger partial charge in [0.25, 0.3) is 5.56 Å². The van der Waals surface area contributed by atoms with E-state index in [9.17, 15) is 14.4 Å². The Bertz CT molecular complexity index is 1160. The van der Waals surface area contributed by atoms with Crippen molar-refractivity contribution in [3.05, 3.63) is 87.1 Å². The molecule has 1 amide bonds. The highest BCUT2D eigenvalue weighted by atomic mass is 32.2. The third-order valence-corrected chi connectivity index (χ3v) is 6.17. The van der Waals surface area contributed by atoms with Gasteiger partial charge >= 0.3 is 5.69 Å². The number of aromatic nitrogens is 2. The number of benzene rings is 2. The molecule has 0 aliphatic rings. The molecule has 0 radical (unpaired) electrons. The first-order chi connectivity index (χ1) is 15.4. The summed E-state index contributed by atoms with van der Waals surface area (Å²) in [6.07, 6.45) is 1.58. The summed E-state index contributed by atoms with van der Waals surface area (Å²) in [6.45, 7) is 4.34. The van der Waals surface area contributed by atoms with Crippen molar-refractivity contribution >= 4 is 29.2 Å². The van der Waals surface area contributed by atoms with Crippen LogP contribution in [0.25, 0.3) is 0 Å². The van der Waals surface area contributed by atoms with Crippen LogP contribution in [0.3, 0.4) is 0 Å². The van der Waals surface area contributed by atoms with Crippen LogP contribution >= 0.6 is 11.8 Å². The molecule has 0 aliphatic heterocycles. The standard InChI is InChI=1S/C24H28N4O3S/c1-3-4-15-27-21(25)20(22(29)26-24(27)31)28(16-18-11-7-5-8-12-18)23(30)17(2)32-19-13-9-6-10-14-19/h5-14,17H,3-4,15-16,25H2,1-2H3,(H,26,29,31). The SMILES string of the molecule is CCCCn1c(N)c(N(Cc2ccccc2)C(=O)C(C)Sc2ccccc2)c(=O)[nH]c1=O. The number of thioether (sulfide) groups is 1. The van der Waals surface area contributed by atoms with E-state index in [1.165, 1.54) is 21.2 Å². The number of rotatable bonds is 9. The zero-order valence-electron chi connectivity index (χ0n) is 18.3. The number of hydrogen-bond acceptors (Lipinski definition) is 5. The Morgan fingerprint density at radius 2 is 1.72 bits per heavy atom. The Labute approximate surface area is 191 Å². The van der Waals surface area contributed by atoms with Crippen LogP contribution in [0.2, 0.25) is 0 Å². The van der Waals surface area contributed by atoms with E-state index in [0.717, 1.165) is 23.3 Å². The Hall–Kier alpha value is -3.26. The highest BCUT2D eigenvalue weighted by Crippen LogP contribution is 2.28. The van der Waals surface area contributed by atoms with Crippen molar-refractivity contribution in [1.82, 2.24) is 9.55 Å². The lowest BCUT2D eigenvalue weighted by Crippen LogP contribution is -2.43. The van der Waals surface area contributed by atoms with Crippen molar-refractivity contribution < 1.29 is 4.79 Å². The molecule has 0 spiro atoms. The number of carbonyl (C=O) groups excluding carboxylic acids is 1. The molecule has 1 aromatic heterocycles. The van der Waals surface area contributed by atoms with E-state index in [-0.39, 0.29) is 24.0 Å². The van der Waals surface area contributed by atoms with Gasteiger partial charge in [0.15, 0.2) is 5.69 Å². The first-order valence-corrected chi connectivity index (χ1v) is 11.5. The zero-order valence-corrected chi connectivity index (χ0v) is 19.1. The van der Waals surface area contributed by atoms with Crippen molar-refractivity contribution in [1.29, 1.82) is 0 Å². The quantitative estimate of drug-likeness (QED) is 0.483. The molecule has 32 heavy (non-hydrogen) atoms. The van der Waals surface area contributed by atoms with Crippen LogP contribution in [0.4, 0.5) is 11.5 Å². The van der Waals surface area contributed by atoms with Crippen molar-refractivity contribution in [2.75, 3.05) is 10.6 Å². The molecule has 3 rings (SSSR count). The third-order valence-electron chi connectivity index (χ3n) is 5.07. The number of unbranched alkanes of at least 4 members (excludes halogenated alkanes) is 1. The Balaban J connectivity index is 2.04. The van der Waals surface area contributed by atoms with Crippen molar-refractivity contribution in [2.24, 2.45) is 0 Å². The first-order valence-electron chi connectivity index (χ1n) is 10.6. The number of hydrogen-bond donors (Lipinski definition) is 2. The molecular formula is C24H28N4O3S. The van der Waals surface area contributed by atoms with Gasteiger partial charge in [-0.05, 0) is 31.0 Å². The average Bonchev–Trinajstić information content (AvgIpc) is 2.79. The van der Waals surface area contributed by atoms with E-state index in [4.69, 9.17) is 5.73 Å². The molecule has 3 aromatic rings. The predicted octanol–water partition coefficient (Wildman–Crippen LogP) is 3.63. The first kappa shape index (κ1) is 23.4. The fourth-order valence-corrected chi connectivity index (χ4v) is 4.33. The van der Waals surface area contributed by atoms with Crippen molar-refractivity contribution in [2.45, 2.75) is 49.9 Å². The maximum atomic E-state index is 13.6. The van der Waals surface area contributed by atoms with Gasteiger partial charge in [-0.25, -0.2) is 4.79 Å². The lowest BCUT2D eigenvalue weighted by atomic mass is 10.2. The highest BCUT2D eigenvalue weighted by molar-refractivity contribution is 8.00. The summed E-state index contributed by atoms with van der Waals surface area (Å²) in [4.78, 5) is 43.5. The summed E-state index contributed by atoms with van der Waals surface area (Å²) in [6, 6.07) is 19.0. The normalized spacial score (nSPS) is 11.8. The van der Waals surface area contributed by atoms with Crippen LogP contribution in [0.1, 0.15) is 32.3 Å². The van der Waals surface area contributed by atoms with Crippen molar-refractivity contribution in [3.8, 4) is 0 Å². The van der Waals surface area contributed by atoms with Crippen LogP contribution in [0, 0.1) is 0 Å². The number of nitrogens with two attached hydrogens (primary N) is 1. The summed E-state index contributed by atoms with van der Waals surface area (Å²) >= 11 is 1.41. The third kappa shape index (κ3) is 5.50. The van der Waals surface area contributed by atoms with Gasteiger partial charge in [-0.1, -0.05) is 61.9 Å². The molecule has 1 heterocycles. The van der Waals surface area contributed by atoms with E-state index in [1.54, 1.807) is 6.92 Å². The van der Waals surface area contributed by atoms with Crippen LogP contribution < -0.4 is 21.9 Å². The minimum atomic E-state index is -0.665. The molecule has 0 saturated carbocycles. The van der Waals surface area contributed by atoms with Crippen LogP contribution in [0.5, 0.6) is 0 Å². The molecule has 1 atom stereocenters. The van der Waals surface area contributed by atoms with Crippen LogP contribution in [0.15, 0.2) is 75.1 Å². The topological polar surface area (TPSA) is 101 Å². The largest absolute Gasteiger partial charge is 0.383 e. The van der Waals surface area contributed by atoms with E-state index < -0.39 is 16.5 Å². The fourth-order valence-electron chi connectivity index (χ4n) is 3.38. The van der Waals surface area contributed by atoms with E-state index >= 15 is 0 Å². The Morgan fingerprint density at radius 3 is 2.34 bits per heavy atom. The molecule has 3 N–H and O–H groups in total. The fraction of sp³-hybridized carbons (Fsp3) is 0.292. The molecule has 0 aliphatic carbocycles. The molecule has 0 saturated heterocycles. The number of nitrogens with zero attached hydrogens (tertiary/aromatic N) is 2. The van der Waals surface area contributed by atoms with Crippen molar-refractivity contribution in [3.63, 3.8) is 0 Å². The number of nitrogen functional groups attached to an aromatic ring is 1. The number of aromatic amines is 1. The molecule has 0 fully saturated rings. The molecule has 1 unspecified atom stereocenters. The zero-order chi connectivity index (χ0) is 23.1. The highest BCUT2D eigenvalue weighted by Gasteiger charge is 2.28. The minimum absolute atomic E-state index is 0.00777. The van der Waals surface area contributed by atoms with Gasteiger partial charge in [0.05, 0.1) is 11.8 Å². The van der Waals surface area contributed by atoms with Gasteiger partial charge in [-0.15, -0.1) is 11.8 Å². The number of H-pyrrole nitrogens is 1. The van der Waals surface area contributed by atoms with Gasteiger partial charge < -0.3 is 5.73 Å². The molecule has 0 bridgehead atoms. The summed E-state index contributed by atoms with van der Waals surface area (Å²) < 4.78 is 1.33. The van der Waals surface area contributed by atoms with E-state index in [1.807, 2.05) is 67.6 Å². The number of amides is 1. The smallest absolute Gasteiger partial charge is 0.330 e. The van der Waals surface area contributed by atoms with Gasteiger partial charge in [0.1, 0.15) is 5.82 Å².